The van der Waals surface area contributed by atoms with Gasteiger partial charge in [-0.05, 0) is 49.2 Å². The van der Waals surface area contributed by atoms with Crippen LogP contribution in [0.4, 0.5) is 22.7 Å². The highest BCUT2D eigenvalue weighted by molar-refractivity contribution is 5.60. The fraction of sp³-hybridized carbons (Fsp3) is 0.250. The first-order valence-corrected chi connectivity index (χ1v) is 6.86. The van der Waals surface area contributed by atoms with Gasteiger partial charge in [0.15, 0.2) is 0 Å². The summed E-state index contributed by atoms with van der Waals surface area (Å²) in [5.41, 5.74) is 27.2. The summed E-state index contributed by atoms with van der Waals surface area (Å²) in [6.07, 6.45) is 0. The molecule has 0 aliphatic rings. The van der Waals surface area contributed by atoms with Gasteiger partial charge in [0.05, 0.1) is 12.3 Å². The predicted molar refractivity (Wildman–Crippen MR) is 92.6 cm³/mol. The van der Waals surface area contributed by atoms with E-state index >= 15 is 0 Å². The third-order valence-corrected chi connectivity index (χ3v) is 3.00. The SMILES string of the molecule is Cc1cc(N)cc(C)c1N.Nc1ccc(N)c(OCCO)c1. The summed E-state index contributed by atoms with van der Waals surface area (Å²) in [6, 6.07) is 8.75. The van der Waals surface area contributed by atoms with Crippen LogP contribution in [0.1, 0.15) is 11.1 Å². The van der Waals surface area contributed by atoms with Gasteiger partial charge in [-0.3, -0.25) is 0 Å². The lowest BCUT2D eigenvalue weighted by Gasteiger charge is -2.07. The van der Waals surface area contributed by atoms with Crippen molar-refractivity contribution in [2.75, 3.05) is 36.1 Å². The monoisotopic (exact) mass is 304 g/mol. The number of aryl methyl sites for hydroxylation is 2. The van der Waals surface area contributed by atoms with Gasteiger partial charge in [-0.2, -0.15) is 0 Å². The van der Waals surface area contributed by atoms with Crippen molar-refractivity contribution in [3.63, 3.8) is 0 Å². The molecule has 6 heteroatoms. The van der Waals surface area contributed by atoms with Gasteiger partial charge in [0.1, 0.15) is 12.4 Å². The molecule has 0 saturated carbocycles. The molecule has 0 aromatic heterocycles. The maximum absolute atomic E-state index is 8.49. The van der Waals surface area contributed by atoms with Crippen LogP contribution >= 0.6 is 0 Å². The van der Waals surface area contributed by atoms with Gasteiger partial charge in [0, 0.05) is 23.1 Å². The van der Waals surface area contributed by atoms with Crippen LogP contribution in [-0.2, 0) is 0 Å². The molecule has 0 unspecified atom stereocenters. The number of aliphatic hydroxyl groups excluding tert-OH is 1. The van der Waals surface area contributed by atoms with E-state index in [1.807, 2.05) is 26.0 Å². The van der Waals surface area contributed by atoms with Crippen LogP contribution in [0.2, 0.25) is 0 Å². The van der Waals surface area contributed by atoms with Crippen LogP contribution in [0.25, 0.3) is 0 Å². The molecule has 0 bridgehead atoms. The Morgan fingerprint density at radius 2 is 1.50 bits per heavy atom. The van der Waals surface area contributed by atoms with Crippen molar-refractivity contribution in [2.24, 2.45) is 0 Å². The van der Waals surface area contributed by atoms with E-state index in [0.717, 1.165) is 22.5 Å². The maximum atomic E-state index is 8.49. The number of nitrogens with two attached hydrogens (primary N) is 4. The molecule has 0 fully saturated rings. The first kappa shape index (κ1) is 17.5. The Kier molecular flexibility index (Phi) is 6.34. The Hall–Kier alpha value is -2.60. The molecule has 0 radical (unpaired) electrons. The van der Waals surface area contributed by atoms with Gasteiger partial charge >= 0.3 is 0 Å². The van der Waals surface area contributed by atoms with E-state index in [-0.39, 0.29) is 13.2 Å². The second kappa shape index (κ2) is 7.99. The second-order valence-electron chi connectivity index (χ2n) is 4.94. The first-order valence-electron chi connectivity index (χ1n) is 6.86. The quantitative estimate of drug-likeness (QED) is 0.548. The zero-order valence-electron chi connectivity index (χ0n) is 13.0. The second-order valence-corrected chi connectivity index (χ2v) is 4.94. The van der Waals surface area contributed by atoms with E-state index in [2.05, 4.69) is 0 Å². The van der Waals surface area contributed by atoms with Gasteiger partial charge in [-0.1, -0.05) is 0 Å². The highest BCUT2D eigenvalue weighted by Crippen LogP contribution is 2.23. The van der Waals surface area contributed by atoms with Gasteiger partial charge in [-0.15, -0.1) is 0 Å². The molecule has 0 spiro atoms. The summed E-state index contributed by atoms with van der Waals surface area (Å²) in [7, 11) is 0. The fourth-order valence-electron chi connectivity index (χ4n) is 1.84. The van der Waals surface area contributed by atoms with Crippen LogP contribution in [0.15, 0.2) is 30.3 Å². The van der Waals surface area contributed by atoms with E-state index in [1.165, 1.54) is 0 Å². The summed E-state index contributed by atoms with van der Waals surface area (Å²) in [5, 5.41) is 8.49. The molecular formula is C16H24N4O2. The van der Waals surface area contributed by atoms with Crippen molar-refractivity contribution in [2.45, 2.75) is 13.8 Å². The molecule has 0 heterocycles. The average Bonchev–Trinajstić information content (AvgIpc) is 2.46. The molecule has 2 aromatic rings. The molecule has 22 heavy (non-hydrogen) atoms. The zero-order chi connectivity index (χ0) is 16.7. The van der Waals surface area contributed by atoms with Crippen molar-refractivity contribution in [1.29, 1.82) is 0 Å². The number of ether oxygens (including phenoxy) is 1. The van der Waals surface area contributed by atoms with Crippen LogP contribution < -0.4 is 27.7 Å². The molecule has 2 aromatic carbocycles. The maximum Gasteiger partial charge on any atom is 0.144 e. The lowest BCUT2D eigenvalue weighted by atomic mass is 10.1. The van der Waals surface area contributed by atoms with E-state index in [9.17, 15) is 0 Å². The Morgan fingerprint density at radius 3 is 2.05 bits per heavy atom. The van der Waals surface area contributed by atoms with Gasteiger partial charge in [-0.25, -0.2) is 0 Å². The van der Waals surface area contributed by atoms with Crippen LogP contribution in [-0.4, -0.2) is 18.3 Å². The first-order chi connectivity index (χ1) is 10.3. The topological polar surface area (TPSA) is 134 Å². The van der Waals surface area contributed by atoms with E-state index in [1.54, 1.807) is 18.2 Å². The van der Waals surface area contributed by atoms with E-state index in [4.69, 9.17) is 32.8 Å². The summed E-state index contributed by atoms with van der Waals surface area (Å²) in [6.45, 7) is 4.11. The van der Waals surface area contributed by atoms with Crippen LogP contribution in [0.3, 0.4) is 0 Å². The minimum absolute atomic E-state index is 0.0335. The standard InChI is InChI=1S/C8H12N2O2.C8H12N2/c9-6-1-2-7(10)8(5-6)12-4-3-11;1-5-3-7(9)4-6(2)8(5)10/h1-2,5,11H,3-4,9-10H2;3-4H,9-10H2,1-2H3. The van der Waals surface area contributed by atoms with E-state index in [0.29, 0.717) is 17.1 Å². The van der Waals surface area contributed by atoms with Gasteiger partial charge < -0.3 is 32.8 Å². The number of anilines is 4. The summed E-state index contributed by atoms with van der Waals surface area (Å²) in [4.78, 5) is 0. The Labute approximate surface area is 130 Å². The number of nitrogen functional groups attached to an aromatic ring is 4. The molecular weight excluding hydrogens is 280 g/mol. The Morgan fingerprint density at radius 1 is 0.909 bits per heavy atom. The number of hydrogen-bond acceptors (Lipinski definition) is 6. The molecule has 9 N–H and O–H groups in total. The highest BCUT2D eigenvalue weighted by atomic mass is 16.5. The molecule has 0 saturated heterocycles. The van der Waals surface area contributed by atoms with Crippen molar-refractivity contribution in [3.05, 3.63) is 41.5 Å². The predicted octanol–water partition coefficient (Wildman–Crippen LogP) is 1.69. The van der Waals surface area contributed by atoms with Gasteiger partial charge in [0.2, 0.25) is 0 Å². The number of hydrogen-bond donors (Lipinski definition) is 5. The molecule has 2 rings (SSSR count). The summed E-state index contributed by atoms with van der Waals surface area (Å²) in [5.74, 6) is 0.518. The Balaban J connectivity index is 0.000000224. The van der Waals surface area contributed by atoms with Crippen molar-refractivity contribution < 1.29 is 9.84 Å². The zero-order valence-corrected chi connectivity index (χ0v) is 13.0. The fourth-order valence-corrected chi connectivity index (χ4v) is 1.84. The minimum atomic E-state index is -0.0335. The largest absolute Gasteiger partial charge is 0.489 e. The summed E-state index contributed by atoms with van der Waals surface area (Å²) < 4.78 is 5.11. The lowest BCUT2D eigenvalue weighted by Crippen LogP contribution is -2.04. The molecule has 0 atom stereocenters. The number of benzene rings is 2. The molecule has 6 nitrogen and oxygen atoms in total. The van der Waals surface area contributed by atoms with E-state index < -0.39 is 0 Å². The average molecular weight is 304 g/mol. The summed E-state index contributed by atoms with van der Waals surface area (Å²) >= 11 is 0. The minimum Gasteiger partial charge on any atom is -0.489 e. The van der Waals surface area contributed by atoms with Crippen molar-refractivity contribution in [3.8, 4) is 5.75 Å². The number of rotatable bonds is 3. The van der Waals surface area contributed by atoms with Gasteiger partial charge in [0.25, 0.3) is 0 Å². The van der Waals surface area contributed by atoms with Crippen molar-refractivity contribution in [1.82, 2.24) is 0 Å². The van der Waals surface area contributed by atoms with Crippen LogP contribution in [0, 0.1) is 13.8 Å². The van der Waals surface area contributed by atoms with Crippen LogP contribution in [0.5, 0.6) is 5.75 Å². The molecule has 0 aliphatic heterocycles. The molecule has 120 valence electrons. The smallest absolute Gasteiger partial charge is 0.144 e. The normalized spacial score (nSPS) is 9.77. The lowest BCUT2D eigenvalue weighted by molar-refractivity contribution is 0.202. The highest BCUT2D eigenvalue weighted by Gasteiger charge is 1.99. The molecule has 0 aliphatic carbocycles. The Bertz CT molecular complexity index is 607. The van der Waals surface area contributed by atoms with Crippen molar-refractivity contribution >= 4 is 22.7 Å². The molecule has 0 amide bonds. The third kappa shape index (κ3) is 5.06. The third-order valence-electron chi connectivity index (χ3n) is 3.00. The number of aliphatic hydroxyl groups is 1.